The third kappa shape index (κ3) is 11.3. The molecule has 0 aliphatic carbocycles. The van der Waals surface area contributed by atoms with Crippen LogP contribution < -0.4 is 10.6 Å². The summed E-state index contributed by atoms with van der Waals surface area (Å²) < 4.78 is 15.1. The first-order chi connectivity index (χ1) is 10.1. The standard InChI is InChI=1S/C14H20N2O5/c1-4-7-19-11-12(21-8-5-2)9-15-13(17)10-16-14(18)20-6-3/h1-2,12H,6-11H2,3H3,(H,15,17)(H,16,18). The van der Waals surface area contributed by atoms with Crippen molar-refractivity contribution in [1.82, 2.24) is 10.6 Å². The van der Waals surface area contributed by atoms with Crippen molar-refractivity contribution in [2.24, 2.45) is 0 Å². The highest BCUT2D eigenvalue weighted by Crippen LogP contribution is 1.92. The van der Waals surface area contributed by atoms with E-state index in [0.29, 0.717) is 0 Å². The Morgan fingerprint density at radius 2 is 1.90 bits per heavy atom. The first-order valence-corrected chi connectivity index (χ1v) is 6.37. The lowest BCUT2D eigenvalue weighted by Crippen LogP contribution is -2.42. The Hall–Kier alpha value is -2.22. The van der Waals surface area contributed by atoms with E-state index in [1.54, 1.807) is 6.92 Å². The molecular formula is C14H20N2O5. The minimum Gasteiger partial charge on any atom is -0.450 e. The van der Waals surface area contributed by atoms with Crippen molar-refractivity contribution in [2.75, 3.05) is 39.5 Å². The Bertz CT molecular complexity index is 397. The van der Waals surface area contributed by atoms with Crippen LogP contribution in [0, 0.1) is 24.7 Å². The molecule has 7 heteroatoms. The van der Waals surface area contributed by atoms with Gasteiger partial charge in [-0.15, -0.1) is 12.8 Å². The van der Waals surface area contributed by atoms with Crippen molar-refractivity contribution in [3.05, 3.63) is 0 Å². The molecule has 0 aliphatic heterocycles. The fraction of sp³-hybridized carbons (Fsp3) is 0.571. The molecule has 0 aromatic rings. The number of hydrogen-bond acceptors (Lipinski definition) is 5. The van der Waals surface area contributed by atoms with Crippen LogP contribution in [0.4, 0.5) is 4.79 Å². The summed E-state index contributed by atoms with van der Waals surface area (Å²) in [5.74, 6) is 4.27. The van der Waals surface area contributed by atoms with Crippen molar-refractivity contribution in [1.29, 1.82) is 0 Å². The molecule has 7 nitrogen and oxygen atoms in total. The van der Waals surface area contributed by atoms with Gasteiger partial charge in [-0.25, -0.2) is 4.79 Å². The molecule has 0 fully saturated rings. The lowest BCUT2D eigenvalue weighted by Gasteiger charge is -2.17. The Labute approximate surface area is 124 Å². The normalized spacial score (nSPS) is 10.8. The molecule has 0 saturated carbocycles. The van der Waals surface area contributed by atoms with E-state index in [9.17, 15) is 9.59 Å². The van der Waals surface area contributed by atoms with Gasteiger partial charge in [-0.3, -0.25) is 4.79 Å². The fourth-order valence-electron chi connectivity index (χ4n) is 1.21. The minimum atomic E-state index is -0.648. The number of rotatable bonds is 10. The van der Waals surface area contributed by atoms with Gasteiger partial charge in [0.25, 0.3) is 0 Å². The Morgan fingerprint density at radius 1 is 1.19 bits per heavy atom. The number of carbonyl (C=O) groups excluding carboxylic acids is 2. The smallest absolute Gasteiger partial charge is 0.407 e. The van der Waals surface area contributed by atoms with E-state index >= 15 is 0 Å². The molecule has 0 rings (SSSR count). The molecule has 1 atom stereocenters. The average Bonchev–Trinajstić information content (AvgIpc) is 2.47. The second kappa shape index (κ2) is 12.8. The van der Waals surface area contributed by atoms with E-state index in [0.717, 1.165) is 0 Å². The van der Waals surface area contributed by atoms with Crippen LogP contribution in [0.25, 0.3) is 0 Å². The molecule has 1 unspecified atom stereocenters. The van der Waals surface area contributed by atoms with Crippen molar-refractivity contribution in [3.63, 3.8) is 0 Å². The molecule has 0 aromatic heterocycles. The highest BCUT2D eigenvalue weighted by molar-refractivity contribution is 5.82. The van der Waals surface area contributed by atoms with E-state index in [2.05, 4.69) is 27.2 Å². The van der Waals surface area contributed by atoms with Gasteiger partial charge in [-0.05, 0) is 6.92 Å². The second-order valence-electron chi connectivity index (χ2n) is 3.73. The lowest BCUT2D eigenvalue weighted by atomic mass is 10.3. The zero-order valence-electron chi connectivity index (χ0n) is 12.0. The van der Waals surface area contributed by atoms with Crippen LogP contribution in [0.3, 0.4) is 0 Å². The first kappa shape index (κ1) is 18.8. The summed E-state index contributed by atoms with van der Waals surface area (Å²) in [6.45, 7) is 2.36. The second-order valence-corrected chi connectivity index (χ2v) is 3.73. The molecule has 116 valence electrons. The number of hydrogen-bond donors (Lipinski definition) is 2. The third-order valence-corrected chi connectivity index (χ3v) is 2.09. The largest absolute Gasteiger partial charge is 0.450 e. The topological polar surface area (TPSA) is 85.9 Å². The van der Waals surface area contributed by atoms with E-state index in [4.69, 9.17) is 22.3 Å². The van der Waals surface area contributed by atoms with E-state index < -0.39 is 12.2 Å². The summed E-state index contributed by atoms with van der Waals surface area (Å²) in [6, 6.07) is 0. The monoisotopic (exact) mass is 296 g/mol. The number of alkyl carbamates (subject to hydrolysis) is 1. The molecule has 0 aromatic carbocycles. The summed E-state index contributed by atoms with van der Waals surface area (Å²) in [6.07, 6.45) is 9.10. The van der Waals surface area contributed by atoms with Gasteiger partial charge in [-0.1, -0.05) is 11.8 Å². The zero-order chi connectivity index (χ0) is 15.9. The maximum absolute atomic E-state index is 11.5. The third-order valence-electron chi connectivity index (χ3n) is 2.09. The van der Waals surface area contributed by atoms with Crippen LogP contribution in [-0.2, 0) is 19.0 Å². The summed E-state index contributed by atoms with van der Waals surface area (Å²) in [5, 5.41) is 4.88. The fourth-order valence-corrected chi connectivity index (χ4v) is 1.21. The van der Waals surface area contributed by atoms with Crippen molar-refractivity contribution < 1.29 is 23.8 Å². The Kier molecular flexibility index (Phi) is 11.4. The number of nitrogens with one attached hydrogen (secondary N) is 2. The molecule has 0 saturated heterocycles. The summed E-state index contributed by atoms with van der Waals surface area (Å²) >= 11 is 0. The van der Waals surface area contributed by atoms with Crippen LogP contribution in [0.5, 0.6) is 0 Å². The predicted octanol–water partition coefficient (Wildman–Crippen LogP) is -0.483. The van der Waals surface area contributed by atoms with Gasteiger partial charge in [0.2, 0.25) is 5.91 Å². The zero-order valence-corrected chi connectivity index (χ0v) is 12.0. The number of carbonyl (C=O) groups is 2. The van der Waals surface area contributed by atoms with Crippen molar-refractivity contribution in [2.45, 2.75) is 13.0 Å². The van der Waals surface area contributed by atoms with Crippen molar-refractivity contribution >= 4 is 12.0 Å². The molecule has 0 radical (unpaired) electrons. The van der Waals surface area contributed by atoms with Crippen LogP contribution >= 0.6 is 0 Å². The first-order valence-electron chi connectivity index (χ1n) is 6.37. The molecule has 0 bridgehead atoms. The van der Waals surface area contributed by atoms with Gasteiger partial charge in [0.1, 0.15) is 13.2 Å². The van der Waals surface area contributed by atoms with Gasteiger partial charge in [0.15, 0.2) is 0 Å². The Balaban J connectivity index is 3.97. The van der Waals surface area contributed by atoms with Crippen molar-refractivity contribution in [3.8, 4) is 24.7 Å². The molecule has 0 aliphatic rings. The lowest BCUT2D eigenvalue weighted by molar-refractivity contribution is -0.121. The van der Waals surface area contributed by atoms with Crippen LogP contribution in [-0.4, -0.2) is 57.6 Å². The summed E-state index contributed by atoms with van der Waals surface area (Å²) in [7, 11) is 0. The number of terminal acetylenes is 2. The van der Waals surface area contributed by atoms with Crippen LogP contribution in [0.15, 0.2) is 0 Å². The van der Waals surface area contributed by atoms with Gasteiger partial charge in [0.05, 0.1) is 25.9 Å². The minimum absolute atomic E-state index is 0.0982. The molecule has 0 heterocycles. The Morgan fingerprint density at radius 3 is 2.52 bits per heavy atom. The number of ether oxygens (including phenoxy) is 3. The van der Waals surface area contributed by atoms with Gasteiger partial charge < -0.3 is 24.8 Å². The van der Waals surface area contributed by atoms with Crippen LogP contribution in [0.1, 0.15) is 6.92 Å². The van der Waals surface area contributed by atoms with Gasteiger partial charge >= 0.3 is 6.09 Å². The maximum atomic E-state index is 11.5. The van der Waals surface area contributed by atoms with E-state index in [1.165, 1.54) is 0 Å². The molecule has 21 heavy (non-hydrogen) atoms. The number of amides is 2. The highest BCUT2D eigenvalue weighted by atomic mass is 16.5. The van der Waals surface area contributed by atoms with Crippen LogP contribution in [0.2, 0.25) is 0 Å². The molecular weight excluding hydrogens is 276 g/mol. The molecule has 0 spiro atoms. The molecule has 2 N–H and O–H groups in total. The summed E-state index contributed by atoms with van der Waals surface area (Å²) in [5.41, 5.74) is 0. The van der Waals surface area contributed by atoms with Gasteiger partial charge in [0, 0.05) is 6.54 Å². The average molecular weight is 296 g/mol. The SMILES string of the molecule is C#CCOCC(CNC(=O)CNC(=O)OCC)OCC#C. The molecule has 2 amide bonds. The predicted molar refractivity (Wildman–Crippen MR) is 76.3 cm³/mol. The van der Waals surface area contributed by atoms with E-state index in [1.807, 2.05) is 0 Å². The quantitative estimate of drug-likeness (QED) is 0.420. The van der Waals surface area contributed by atoms with E-state index in [-0.39, 0.29) is 45.4 Å². The highest BCUT2D eigenvalue weighted by Gasteiger charge is 2.12. The van der Waals surface area contributed by atoms with Gasteiger partial charge in [-0.2, -0.15) is 0 Å². The summed E-state index contributed by atoms with van der Waals surface area (Å²) in [4.78, 5) is 22.5. The maximum Gasteiger partial charge on any atom is 0.407 e.